The van der Waals surface area contributed by atoms with Crippen molar-refractivity contribution in [2.24, 2.45) is 5.92 Å². The number of aromatic amines is 1. The molecule has 2 fully saturated rings. The number of nitrogens with zero attached hydrogens (tertiary/aromatic N) is 4. The normalized spacial score (nSPS) is 17.6. The molecule has 15 heteroatoms. The molecule has 5 aromatic rings. The van der Waals surface area contributed by atoms with E-state index in [-0.39, 0.29) is 23.8 Å². The smallest absolute Gasteiger partial charge is 0.407 e. The summed E-state index contributed by atoms with van der Waals surface area (Å²) in [5.41, 5.74) is 4.75. The molecular weight excluding hydrogens is 753 g/mol. The lowest BCUT2D eigenvalue weighted by molar-refractivity contribution is -0.138. The largest absolute Gasteiger partial charge is 0.465 e. The zero-order valence-corrected chi connectivity index (χ0v) is 33.9. The van der Waals surface area contributed by atoms with E-state index in [1.807, 2.05) is 44.3 Å². The van der Waals surface area contributed by atoms with Crippen molar-refractivity contribution >= 4 is 57.4 Å². The van der Waals surface area contributed by atoms with Crippen LogP contribution in [-0.2, 0) is 25.7 Å². The molecule has 4 heterocycles. The summed E-state index contributed by atoms with van der Waals surface area (Å²) in [5.74, 6) is -0.401. The number of hydrogen-bond donors (Lipinski definition) is 5. The van der Waals surface area contributed by atoms with Gasteiger partial charge in [-0.2, -0.15) is 0 Å². The number of ether oxygens (including phenoxy) is 1. The van der Waals surface area contributed by atoms with Crippen molar-refractivity contribution in [2.75, 3.05) is 25.5 Å². The molecule has 2 saturated heterocycles. The highest BCUT2D eigenvalue weighted by atomic mass is 16.5. The number of carbonyl (C=O) groups is 5. The first-order chi connectivity index (χ1) is 28.5. The lowest BCUT2D eigenvalue weighted by Gasteiger charge is -2.29. The molecule has 4 atom stereocenters. The molecule has 310 valence electrons. The second-order valence-corrected chi connectivity index (χ2v) is 15.7. The van der Waals surface area contributed by atoms with Crippen molar-refractivity contribution in [2.45, 2.75) is 90.0 Å². The Kier molecular flexibility index (Phi) is 12.2. The maximum atomic E-state index is 13.8. The van der Waals surface area contributed by atoms with E-state index in [2.05, 4.69) is 44.6 Å². The summed E-state index contributed by atoms with van der Waals surface area (Å²) < 4.78 is 7.05. The highest BCUT2D eigenvalue weighted by Crippen LogP contribution is 2.36. The van der Waals surface area contributed by atoms with Gasteiger partial charge in [0.2, 0.25) is 11.8 Å². The molecule has 0 bridgehead atoms. The molecule has 0 saturated carbocycles. The number of methoxy groups -OCH3 is 1. The van der Waals surface area contributed by atoms with Crippen molar-refractivity contribution in [3.8, 4) is 11.3 Å². The van der Waals surface area contributed by atoms with Crippen LogP contribution in [-0.4, -0.2) is 91.6 Å². The SMILES string of the molecule is CCCCn1c2cc(NC(=O)[C@@H]3CCCN3C(=O)C(NC(=O)O)c3ccccc3)ccc2c2ccc(-c3c[nH]c([C@@H]4CCCN4C(=O)C(NC(=O)OC)C(C)C)n3)cc21. The molecule has 15 nitrogen and oxygen atoms in total. The second kappa shape index (κ2) is 17.6. The van der Waals surface area contributed by atoms with E-state index in [9.17, 15) is 29.1 Å². The van der Waals surface area contributed by atoms with Crippen LogP contribution in [0.1, 0.15) is 82.8 Å². The Morgan fingerprint density at radius 1 is 0.898 bits per heavy atom. The third kappa shape index (κ3) is 8.45. The zero-order valence-electron chi connectivity index (χ0n) is 33.9. The first kappa shape index (κ1) is 40.8. The van der Waals surface area contributed by atoms with Crippen LogP contribution in [0.3, 0.4) is 0 Å². The minimum absolute atomic E-state index is 0.134. The van der Waals surface area contributed by atoms with Gasteiger partial charge in [-0.1, -0.05) is 75.7 Å². The molecule has 7 rings (SSSR count). The predicted octanol–water partition coefficient (Wildman–Crippen LogP) is 6.97. The fraction of sp³-hybridized carbons (Fsp3) is 0.409. The maximum Gasteiger partial charge on any atom is 0.407 e. The predicted molar refractivity (Wildman–Crippen MR) is 223 cm³/mol. The van der Waals surface area contributed by atoms with Gasteiger partial charge in [-0.25, -0.2) is 14.6 Å². The number of likely N-dealkylation sites (tertiary alicyclic amines) is 2. The number of benzene rings is 3. The van der Waals surface area contributed by atoms with E-state index < -0.39 is 36.2 Å². The van der Waals surface area contributed by atoms with Crippen molar-refractivity contribution in [3.05, 3.63) is 84.3 Å². The molecule has 0 spiro atoms. The van der Waals surface area contributed by atoms with Crippen molar-refractivity contribution < 1.29 is 33.8 Å². The number of aromatic nitrogens is 3. The molecule has 2 aliphatic heterocycles. The van der Waals surface area contributed by atoms with Crippen LogP contribution < -0.4 is 16.0 Å². The van der Waals surface area contributed by atoms with Gasteiger partial charge >= 0.3 is 12.2 Å². The van der Waals surface area contributed by atoms with Gasteiger partial charge in [0.05, 0.1) is 24.4 Å². The van der Waals surface area contributed by atoms with Crippen LogP contribution >= 0.6 is 0 Å². The number of alkyl carbamates (subject to hydrolysis) is 1. The second-order valence-electron chi connectivity index (χ2n) is 15.7. The summed E-state index contributed by atoms with van der Waals surface area (Å²) in [4.78, 5) is 76.7. The molecule has 59 heavy (non-hydrogen) atoms. The minimum Gasteiger partial charge on any atom is -0.465 e. The van der Waals surface area contributed by atoms with Crippen LogP contribution in [0.15, 0.2) is 72.9 Å². The van der Waals surface area contributed by atoms with Gasteiger partial charge < -0.3 is 45.1 Å². The van der Waals surface area contributed by atoms with E-state index >= 15 is 0 Å². The number of anilines is 1. The standard InChI is InChI=1S/C44H52N8O7/c1-5-6-20-50-35-23-28(32-25-45-39(47-32)33-14-10-21-51(33)41(54)37(26(2)3)49-44(58)59-4)16-18-30(35)31-19-17-29(24-36(31)50)46-40(53)34-15-11-22-52(34)42(55)38(48-43(56)57)27-12-8-7-9-13-27/h7-9,12-13,16-19,23-26,33-34,37-38,48H,5-6,10-11,14-15,20-22H2,1-4H3,(H,45,47)(H,46,53)(H,49,58)(H,56,57)/t33-,34-,37?,38?/m0/s1. The molecule has 2 aromatic heterocycles. The molecule has 5 amide bonds. The average molecular weight is 805 g/mol. The number of unbranched alkanes of at least 4 members (excludes halogenated alkanes) is 1. The van der Waals surface area contributed by atoms with Gasteiger partial charge in [0.25, 0.3) is 5.91 Å². The Bertz CT molecular complexity index is 2350. The summed E-state index contributed by atoms with van der Waals surface area (Å²) in [6, 6.07) is 17.9. The number of amides is 5. The van der Waals surface area contributed by atoms with Crippen molar-refractivity contribution in [3.63, 3.8) is 0 Å². The molecule has 2 unspecified atom stereocenters. The highest BCUT2D eigenvalue weighted by molar-refractivity contribution is 6.10. The monoisotopic (exact) mass is 804 g/mol. The van der Waals surface area contributed by atoms with E-state index in [0.717, 1.165) is 65.3 Å². The average Bonchev–Trinajstić information content (AvgIpc) is 4.06. The molecule has 0 radical (unpaired) electrons. The molecule has 0 aliphatic carbocycles. The van der Waals surface area contributed by atoms with Crippen LogP contribution in [0.4, 0.5) is 15.3 Å². The first-order valence-electron chi connectivity index (χ1n) is 20.4. The van der Waals surface area contributed by atoms with Gasteiger partial charge in [0, 0.05) is 53.4 Å². The zero-order chi connectivity index (χ0) is 41.8. The fourth-order valence-electron chi connectivity index (χ4n) is 8.49. The topological polar surface area (TPSA) is 191 Å². The van der Waals surface area contributed by atoms with Crippen LogP contribution in [0.2, 0.25) is 0 Å². The molecule has 2 aliphatic rings. The quantitative estimate of drug-likeness (QED) is 0.0843. The van der Waals surface area contributed by atoms with Gasteiger partial charge in [0.15, 0.2) is 0 Å². The lowest BCUT2D eigenvalue weighted by Crippen LogP contribution is -2.51. The van der Waals surface area contributed by atoms with E-state index in [1.165, 1.54) is 12.0 Å². The van der Waals surface area contributed by atoms with Crippen molar-refractivity contribution in [1.29, 1.82) is 0 Å². The Labute approximate surface area is 342 Å². The third-order valence-electron chi connectivity index (χ3n) is 11.5. The Morgan fingerprint density at radius 2 is 1.61 bits per heavy atom. The summed E-state index contributed by atoms with van der Waals surface area (Å²) in [6.07, 6.45) is 4.46. The lowest BCUT2D eigenvalue weighted by atomic mass is 10.0. The fourth-order valence-corrected chi connectivity index (χ4v) is 8.49. The van der Waals surface area contributed by atoms with E-state index in [1.54, 1.807) is 35.2 Å². The van der Waals surface area contributed by atoms with Gasteiger partial charge in [-0.3, -0.25) is 14.4 Å². The Morgan fingerprint density at radius 3 is 2.32 bits per heavy atom. The highest BCUT2D eigenvalue weighted by Gasteiger charge is 2.39. The van der Waals surface area contributed by atoms with Gasteiger partial charge in [-0.15, -0.1) is 0 Å². The van der Waals surface area contributed by atoms with Crippen LogP contribution in [0.25, 0.3) is 33.1 Å². The van der Waals surface area contributed by atoms with Gasteiger partial charge in [0.1, 0.15) is 23.9 Å². The number of H-pyrrole nitrogens is 1. The van der Waals surface area contributed by atoms with Crippen LogP contribution in [0, 0.1) is 5.92 Å². The summed E-state index contributed by atoms with van der Waals surface area (Å²) in [5, 5.41) is 19.7. The molecule has 5 N–H and O–H groups in total. The number of aryl methyl sites for hydroxylation is 1. The number of nitrogens with one attached hydrogen (secondary N) is 4. The van der Waals surface area contributed by atoms with Crippen LogP contribution in [0.5, 0.6) is 0 Å². The summed E-state index contributed by atoms with van der Waals surface area (Å²) in [7, 11) is 1.28. The van der Waals surface area contributed by atoms with E-state index in [0.29, 0.717) is 43.0 Å². The van der Waals surface area contributed by atoms with Crippen molar-refractivity contribution in [1.82, 2.24) is 35.0 Å². The first-order valence-corrected chi connectivity index (χ1v) is 20.4. The Hall–Kier alpha value is -6.38. The number of hydrogen-bond acceptors (Lipinski definition) is 7. The van der Waals surface area contributed by atoms with E-state index in [4.69, 9.17) is 9.72 Å². The molecular formula is C44H52N8O7. The molecule has 3 aromatic carbocycles. The number of fused-ring (bicyclic) bond motifs is 3. The Balaban J connectivity index is 1.13. The number of imidazole rings is 1. The summed E-state index contributed by atoms with van der Waals surface area (Å²) >= 11 is 0. The maximum absolute atomic E-state index is 13.8. The third-order valence-corrected chi connectivity index (χ3v) is 11.5. The number of rotatable bonds is 13. The number of carboxylic acid groups (broad SMARTS) is 1. The minimum atomic E-state index is -1.32. The number of carbonyl (C=O) groups excluding carboxylic acids is 4. The summed E-state index contributed by atoms with van der Waals surface area (Å²) in [6.45, 7) is 7.58. The van der Waals surface area contributed by atoms with Gasteiger partial charge in [-0.05, 0) is 61.8 Å².